The van der Waals surface area contributed by atoms with E-state index in [0.29, 0.717) is 45.7 Å². The molecule has 0 N–H and O–H groups in total. The van der Waals surface area contributed by atoms with E-state index in [1.165, 1.54) is 6.07 Å². The molecule has 4 rings (SSSR count). The Morgan fingerprint density at radius 1 is 1.25 bits per heavy atom. The highest BCUT2D eigenvalue weighted by atomic mass is 19.1. The number of amides is 1. The molecule has 2 unspecified atom stereocenters. The summed E-state index contributed by atoms with van der Waals surface area (Å²) in [5.41, 5.74) is 0.203. The summed E-state index contributed by atoms with van der Waals surface area (Å²) in [6.07, 6.45) is 0.386. The van der Waals surface area contributed by atoms with Gasteiger partial charge in [-0.1, -0.05) is 5.16 Å². The Kier molecular flexibility index (Phi) is 5.03. The normalized spacial score (nSPS) is 23.2. The number of ether oxygens (including phenoxy) is 2. The molecule has 1 aromatic heterocycles. The van der Waals surface area contributed by atoms with Gasteiger partial charge in [-0.2, -0.15) is 0 Å². The largest absolute Gasteiger partial charge is 0.378 e. The lowest BCUT2D eigenvalue weighted by atomic mass is 10.1. The Morgan fingerprint density at radius 3 is 2.57 bits per heavy atom. The fourth-order valence-electron chi connectivity index (χ4n) is 3.89. The fourth-order valence-corrected chi connectivity index (χ4v) is 3.89. The Bertz CT molecular complexity index is 899. The van der Waals surface area contributed by atoms with Crippen LogP contribution in [-0.2, 0) is 9.47 Å². The van der Waals surface area contributed by atoms with Gasteiger partial charge in [0.1, 0.15) is 0 Å². The average molecular weight is 391 g/mol. The first kappa shape index (κ1) is 18.8. The molecule has 8 nitrogen and oxygen atoms in total. The minimum absolute atomic E-state index is 0.00848. The van der Waals surface area contributed by atoms with Gasteiger partial charge in [0.25, 0.3) is 5.91 Å². The van der Waals surface area contributed by atoms with Crippen molar-refractivity contribution in [2.24, 2.45) is 0 Å². The molecule has 2 aliphatic heterocycles. The number of aromatic nitrogens is 1. The van der Waals surface area contributed by atoms with Crippen molar-refractivity contribution < 1.29 is 28.0 Å². The molecule has 3 heterocycles. The molecule has 150 valence electrons. The van der Waals surface area contributed by atoms with E-state index in [0.717, 1.165) is 0 Å². The van der Waals surface area contributed by atoms with Gasteiger partial charge in [-0.25, -0.2) is 4.39 Å². The maximum Gasteiger partial charge on any atom is 0.276 e. The molecule has 0 aliphatic carbocycles. The molecule has 0 bridgehead atoms. The van der Waals surface area contributed by atoms with Gasteiger partial charge < -0.3 is 23.8 Å². The summed E-state index contributed by atoms with van der Waals surface area (Å²) in [6, 6.07) is 1.48. The summed E-state index contributed by atoms with van der Waals surface area (Å²) in [4.78, 5) is 27.9. The van der Waals surface area contributed by atoms with Gasteiger partial charge in [0, 0.05) is 31.7 Å². The Balaban J connectivity index is 1.76. The van der Waals surface area contributed by atoms with Crippen LogP contribution in [-0.4, -0.2) is 73.9 Å². The lowest BCUT2D eigenvalue weighted by molar-refractivity contribution is -0.00543. The van der Waals surface area contributed by atoms with Crippen LogP contribution in [0.25, 0.3) is 11.0 Å². The Morgan fingerprint density at radius 2 is 1.93 bits per heavy atom. The number of hydrogen-bond donors (Lipinski definition) is 0. The van der Waals surface area contributed by atoms with Crippen molar-refractivity contribution in [2.45, 2.75) is 26.1 Å². The second-order valence-electron chi connectivity index (χ2n) is 7.22. The zero-order valence-corrected chi connectivity index (χ0v) is 15.8. The number of nitrogens with zero attached hydrogens (tertiary/aromatic N) is 3. The number of morpholine rings is 2. The quantitative estimate of drug-likeness (QED) is 0.739. The number of fused-ring (bicyclic) bond motifs is 1. The number of benzene rings is 1. The third kappa shape index (κ3) is 3.24. The number of halogens is 1. The minimum atomic E-state index is -0.686. The van der Waals surface area contributed by atoms with E-state index in [9.17, 15) is 9.59 Å². The van der Waals surface area contributed by atoms with Crippen molar-refractivity contribution in [3.63, 3.8) is 0 Å². The summed E-state index contributed by atoms with van der Waals surface area (Å²) in [7, 11) is 0. The first-order valence-electron chi connectivity index (χ1n) is 9.34. The number of carbonyl (C=O) groups is 2. The van der Waals surface area contributed by atoms with E-state index >= 15 is 4.39 Å². The monoisotopic (exact) mass is 391 g/mol. The first-order chi connectivity index (χ1) is 13.5. The van der Waals surface area contributed by atoms with Crippen LogP contribution >= 0.6 is 0 Å². The molecule has 2 fully saturated rings. The predicted octanol–water partition coefficient (Wildman–Crippen LogP) is 1.87. The van der Waals surface area contributed by atoms with Gasteiger partial charge in [-0.15, -0.1) is 0 Å². The molecule has 2 aromatic rings. The van der Waals surface area contributed by atoms with Gasteiger partial charge in [0.2, 0.25) is 5.58 Å². The second-order valence-corrected chi connectivity index (χ2v) is 7.22. The van der Waals surface area contributed by atoms with E-state index in [2.05, 4.69) is 5.16 Å². The molecule has 1 aromatic carbocycles. The fraction of sp³-hybridized carbons (Fsp3) is 0.526. The zero-order valence-electron chi connectivity index (χ0n) is 15.8. The number of anilines is 1. The van der Waals surface area contributed by atoms with Gasteiger partial charge in [0.15, 0.2) is 17.8 Å². The topological polar surface area (TPSA) is 85.1 Å². The van der Waals surface area contributed by atoms with Crippen LogP contribution in [0.4, 0.5) is 10.1 Å². The molecule has 28 heavy (non-hydrogen) atoms. The van der Waals surface area contributed by atoms with E-state index in [-0.39, 0.29) is 46.0 Å². The molecular formula is C19H22FN3O5. The van der Waals surface area contributed by atoms with Crippen molar-refractivity contribution in [1.29, 1.82) is 0 Å². The predicted molar refractivity (Wildman–Crippen MR) is 98.3 cm³/mol. The molecule has 2 aliphatic rings. The van der Waals surface area contributed by atoms with E-state index in [1.54, 1.807) is 9.80 Å². The summed E-state index contributed by atoms with van der Waals surface area (Å²) in [5, 5.41) is 4.02. The molecule has 9 heteroatoms. The highest BCUT2D eigenvalue weighted by Crippen LogP contribution is 2.34. The molecule has 2 atom stereocenters. The number of hydrogen-bond acceptors (Lipinski definition) is 7. The molecule has 2 saturated heterocycles. The molecule has 0 spiro atoms. The third-order valence-electron chi connectivity index (χ3n) is 5.07. The van der Waals surface area contributed by atoms with E-state index in [4.69, 9.17) is 14.0 Å². The Labute approximate surface area is 161 Å². The highest BCUT2D eigenvalue weighted by molar-refractivity contribution is 6.07. The first-order valence-corrected chi connectivity index (χ1v) is 9.34. The van der Waals surface area contributed by atoms with Crippen LogP contribution in [0.1, 0.15) is 34.7 Å². The van der Waals surface area contributed by atoms with Crippen LogP contribution in [0, 0.1) is 5.82 Å². The van der Waals surface area contributed by atoms with Crippen molar-refractivity contribution >= 4 is 28.8 Å². The number of aldehydes is 1. The standard InChI is InChI=1S/C19H22FN3O5/c1-11-8-23(9-12(2)27-11)17-13(10-24)7-14-16(21-28-18(14)15(17)20)19(25)22-3-5-26-6-4-22/h7,10-12H,3-6,8-9H2,1-2H3. The SMILES string of the molecule is CC1CN(c2c(C=O)cc3c(C(=O)N4CCOCC4)noc3c2F)CC(C)O1. The van der Waals surface area contributed by atoms with Crippen molar-refractivity contribution in [2.75, 3.05) is 44.3 Å². The molecular weight excluding hydrogens is 369 g/mol. The number of rotatable bonds is 3. The van der Waals surface area contributed by atoms with Crippen LogP contribution in [0.5, 0.6) is 0 Å². The highest BCUT2D eigenvalue weighted by Gasteiger charge is 2.31. The third-order valence-corrected chi connectivity index (χ3v) is 5.07. The van der Waals surface area contributed by atoms with Crippen LogP contribution in [0.15, 0.2) is 10.6 Å². The second kappa shape index (κ2) is 7.48. The maximum atomic E-state index is 15.4. The summed E-state index contributed by atoms with van der Waals surface area (Å²) < 4.78 is 31.5. The smallest absolute Gasteiger partial charge is 0.276 e. The van der Waals surface area contributed by atoms with Gasteiger partial charge in [0.05, 0.1) is 36.5 Å². The van der Waals surface area contributed by atoms with Crippen LogP contribution in [0.2, 0.25) is 0 Å². The molecule has 0 radical (unpaired) electrons. The van der Waals surface area contributed by atoms with Crippen molar-refractivity contribution in [1.82, 2.24) is 10.1 Å². The zero-order chi connectivity index (χ0) is 19.8. The van der Waals surface area contributed by atoms with Crippen LogP contribution in [0.3, 0.4) is 0 Å². The van der Waals surface area contributed by atoms with E-state index in [1.807, 2.05) is 13.8 Å². The van der Waals surface area contributed by atoms with Gasteiger partial charge >= 0.3 is 0 Å². The van der Waals surface area contributed by atoms with Gasteiger partial charge in [-0.3, -0.25) is 9.59 Å². The lowest BCUT2D eigenvalue weighted by Crippen LogP contribution is -2.46. The number of carbonyl (C=O) groups excluding carboxylic acids is 2. The van der Waals surface area contributed by atoms with Crippen molar-refractivity contribution in [3.8, 4) is 0 Å². The van der Waals surface area contributed by atoms with Crippen molar-refractivity contribution in [3.05, 3.63) is 23.1 Å². The average Bonchev–Trinajstić information content (AvgIpc) is 3.11. The molecule has 1 amide bonds. The van der Waals surface area contributed by atoms with Gasteiger partial charge in [-0.05, 0) is 19.9 Å². The lowest BCUT2D eigenvalue weighted by Gasteiger charge is -2.37. The summed E-state index contributed by atoms with van der Waals surface area (Å²) in [5.74, 6) is -1.05. The summed E-state index contributed by atoms with van der Waals surface area (Å²) >= 11 is 0. The minimum Gasteiger partial charge on any atom is -0.378 e. The van der Waals surface area contributed by atoms with Crippen LogP contribution < -0.4 is 4.90 Å². The summed E-state index contributed by atoms with van der Waals surface area (Å²) in [6.45, 7) is 6.42. The Hall–Kier alpha value is -2.52. The molecule has 0 saturated carbocycles. The van der Waals surface area contributed by atoms with E-state index < -0.39 is 5.82 Å². The maximum absolute atomic E-state index is 15.4.